The average molecular weight is 473 g/mol. The minimum absolute atomic E-state index is 0.0244. The Morgan fingerprint density at radius 3 is 2.36 bits per heavy atom. The van der Waals surface area contributed by atoms with Gasteiger partial charge in [0.15, 0.2) is 5.82 Å². The molecule has 0 spiro atoms. The van der Waals surface area contributed by atoms with E-state index in [1.165, 1.54) is 16.8 Å². The normalized spacial score (nSPS) is 11.3. The van der Waals surface area contributed by atoms with E-state index in [0.29, 0.717) is 27.8 Å². The van der Waals surface area contributed by atoms with Crippen molar-refractivity contribution in [1.82, 2.24) is 14.8 Å². The Morgan fingerprint density at radius 1 is 1.03 bits per heavy atom. The lowest BCUT2D eigenvalue weighted by Crippen LogP contribution is -2.15. The van der Waals surface area contributed by atoms with Gasteiger partial charge in [-0.25, -0.2) is 9.67 Å². The molecule has 6 nitrogen and oxygen atoms in total. The lowest BCUT2D eigenvalue weighted by Gasteiger charge is -2.08. The quantitative estimate of drug-likeness (QED) is 0.394. The van der Waals surface area contributed by atoms with Crippen LogP contribution >= 0.6 is 11.6 Å². The highest BCUT2D eigenvalue weighted by Crippen LogP contribution is 2.31. The minimum Gasteiger partial charge on any atom is -0.497 e. The SMILES string of the molecule is COc1ccc(-c2nc(C(=O)Nc3cccc(C(F)(F)F)c3)nn2-c2ccc(Cl)cc2)cc1. The van der Waals surface area contributed by atoms with Crippen LogP contribution < -0.4 is 10.1 Å². The molecule has 4 rings (SSSR count). The number of nitrogens with one attached hydrogen (secondary N) is 1. The zero-order valence-corrected chi connectivity index (χ0v) is 17.9. The Labute approximate surface area is 191 Å². The first-order valence-corrected chi connectivity index (χ1v) is 9.98. The van der Waals surface area contributed by atoms with Gasteiger partial charge in [-0.1, -0.05) is 17.7 Å². The molecule has 0 unspecified atom stereocenters. The average Bonchev–Trinajstić information content (AvgIpc) is 3.25. The number of rotatable bonds is 5. The fourth-order valence-corrected chi connectivity index (χ4v) is 3.18. The molecule has 168 valence electrons. The molecule has 0 bridgehead atoms. The van der Waals surface area contributed by atoms with E-state index in [1.54, 1.807) is 55.6 Å². The van der Waals surface area contributed by atoms with Gasteiger partial charge in [0.05, 0.1) is 18.4 Å². The molecule has 0 aliphatic heterocycles. The molecule has 0 atom stereocenters. The van der Waals surface area contributed by atoms with Crippen molar-refractivity contribution < 1.29 is 22.7 Å². The van der Waals surface area contributed by atoms with Crippen molar-refractivity contribution in [2.45, 2.75) is 6.18 Å². The molecule has 0 aliphatic rings. The summed E-state index contributed by atoms with van der Waals surface area (Å²) in [4.78, 5) is 17.1. The van der Waals surface area contributed by atoms with Crippen molar-refractivity contribution in [3.05, 3.63) is 89.2 Å². The van der Waals surface area contributed by atoms with E-state index in [9.17, 15) is 18.0 Å². The zero-order chi connectivity index (χ0) is 23.6. The van der Waals surface area contributed by atoms with Crippen LogP contribution in [0.4, 0.5) is 18.9 Å². The number of anilines is 1. The molecule has 1 amide bonds. The minimum atomic E-state index is -4.53. The number of alkyl halides is 3. The molecule has 0 saturated carbocycles. The molecule has 0 saturated heterocycles. The Morgan fingerprint density at radius 2 is 1.73 bits per heavy atom. The second kappa shape index (κ2) is 8.95. The summed E-state index contributed by atoms with van der Waals surface area (Å²) in [5, 5.41) is 7.24. The molecule has 0 radical (unpaired) electrons. The number of benzene rings is 3. The summed E-state index contributed by atoms with van der Waals surface area (Å²) < 4.78 is 45.6. The van der Waals surface area contributed by atoms with Gasteiger partial charge in [0.25, 0.3) is 5.91 Å². The second-order valence-corrected chi connectivity index (χ2v) is 7.34. The topological polar surface area (TPSA) is 69.0 Å². The van der Waals surface area contributed by atoms with E-state index < -0.39 is 17.6 Å². The Bertz CT molecular complexity index is 1290. The summed E-state index contributed by atoms with van der Waals surface area (Å²) in [5.74, 6) is 0.0259. The molecule has 33 heavy (non-hydrogen) atoms. The zero-order valence-electron chi connectivity index (χ0n) is 17.1. The van der Waals surface area contributed by atoms with E-state index in [4.69, 9.17) is 16.3 Å². The number of hydrogen-bond acceptors (Lipinski definition) is 4. The van der Waals surface area contributed by atoms with Gasteiger partial charge >= 0.3 is 6.18 Å². The third-order valence-corrected chi connectivity index (χ3v) is 4.93. The first-order valence-electron chi connectivity index (χ1n) is 9.60. The summed E-state index contributed by atoms with van der Waals surface area (Å²) >= 11 is 5.98. The van der Waals surface area contributed by atoms with Gasteiger partial charge in [0.2, 0.25) is 5.82 Å². The van der Waals surface area contributed by atoms with Crippen molar-refractivity contribution in [3.63, 3.8) is 0 Å². The molecule has 0 fully saturated rings. The van der Waals surface area contributed by atoms with Crippen LogP contribution in [0, 0.1) is 0 Å². The van der Waals surface area contributed by atoms with Gasteiger partial charge in [-0.05, 0) is 66.7 Å². The summed E-state index contributed by atoms with van der Waals surface area (Å²) in [5.41, 5.74) is 0.342. The number of hydrogen-bond donors (Lipinski definition) is 1. The van der Waals surface area contributed by atoms with Crippen LogP contribution in [0.25, 0.3) is 17.1 Å². The fourth-order valence-electron chi connectivity index (χ4n) is 3.06. The van der Waals surface area contributed by atoms with E-state index in [2.05, 4.69) is 15.4 Å². The van der Waals surface area contributed by atoms with E-state index in [1.807, 2.05) is 0 Å². The van der Waals surface area contributed by atoms with Gasteiger partial charge in [-0.3, -0.25) is 4.79 Å². The number of aromatic nitrogens is 3. The van der Waals surface area contributed by atoms with Crippen LogP contribution in [0.1, 0.15) is 16.2 Å². The van der Waals surface area contributed by atoms with Crippen LogP contribution in [0.3, 0.4) is 0 Å². The molecule has 1 heterocycles. The molecule has 4 aromatic rings. The number of methoxy groups -OCH3 is 1. The van der Waals surface area contributed by atoms with Crippen LogP contribution in [-0.2, 0) is 6.18 Å². The monoisotopic (exact) mass is 472 g/mol. The summed E-state index contributed by atoms with van der Waals surface area (Å²) in [6.45, 7) is 0. The van der Waals surface area contributed by atoms with Crippen molar-refractivity contribution in [2.75, 3.05) is 12.4 Å². The molecular formula is C23H16ClF3N4O2. The standard InChI is InChI=1S/C23H16ClF3N4O2/c1-33-19-11-5-14(6-12-19)21-29-20(30-31(21)18-9-7-16(24)8-10-18)22(32)28-17-4-2-3-15(13-17)23(25,26)27/h2-13H,1H3,(H,28,32). The number of carbonyl (C=O) groups excluding carboxylic acids is 1. The van der Waals surface area contributed by atoms with Crippen LogP contribution in [0.5, 0.6) is 5.75 Å². The number of carbonyl (C=O) groups is 1. The lowest BCUT2D eigenvalue weighted by molar-refractivity contribution is -0.137. The van der Waals surface area contributed by atoms with Crippen LogP contribution in [-0.4, -0.2) is 27.8 Å². The predicted octanol–water partition coefficient (Wildman–Crippen LogP) is 5.87. The predicted molar refractivity (Wildman–Crippen MR) is 118 cm³/mol. The van der Waals surface area contributed by atoms with Crippen LogP contribution in [0.15, 0.2) is 72.8 Å². The smallest absolute Gasteiger partial charge is 0.416 e. The number of amides is 1. The van der Waals surface area contributed by atoms with E-state index in [0.717, 1.165) is 12.1 Å². The van der Waals surface area contributed by atoms with Crippen molar-refractivity contribution in [3.8, 4) is 22.8 Å². The highest BCUT2D eigenvalue weighted by Gasteiger charge is 2.30. The van der Waals surface area contributed by atoms with Gasteiger partial charge in [0, 0.05) is 16.3 Å². The second-order valence-electron chi connectivity index (χ2n) is 6.91. The largest absolute Gasteiger partial charge is 0.497 e. The van der Waals surface area contributed by atoms with Crippen LogP contribution in [0.2, 0.25) is 5.02 Å². The van der Waals surface area contributed by atoms with Gasteiger partial charge in [-0.15, -0.1) is 5.10 Å². The van der Waals surface area contributed by atoms with Crippen molar-refractivity contribution >= 4 is 23.2 Å². The Kier molecular flexibility index (Phi) is 6.06. The summed E-state index contributed by atoms with van der Waals surface area (Å²) in [6, 6.07) is 18.1. The first-order chi connectivity index (χ1) is 15.7. The maximum atomic E-state index is 13.0. The molecule has 1 aromatic heterocycles. The maximum Gasteiger partial charge on any atom is 0.416 e. The third-order valence-electron chi connectivity index (χ3n) is 4.68. The van der Waals surface area contributed by atoms with Gasteiger partial charge in [0.1, 0.15) is 5.75 Å². The Hall–Kier alpha value is -3.85. The molecule has 0 aliphatic carbocycles. The number of nitrogens with zero attached hydrogens (tertiary/aromatic N) is 3. The number of halogens is 4. The van der Waals surface area contributed by atoms with Gasteiger partial charge in [-0.2, -0.15) is 13.2 Å². The Balaban J connectivity index is 1.71. The summed E-state index contributed by atoms with van der Waals surface area (Å²) in [7, 11) is 1.54. The molecule has 10 heteroatoms. The highest BCUT2D eigenvalue weighted by molar-refractivity contribution is 6.30. The van der Waals surface area contributed by atoms with E-state index in [-0.39, 0.29) is 11.5 Å². The molecule has 3 aromatic carbocycles. The molecule has 1 N–H and O–H groups in total. The summed E-state index contributed by atoms with van der Waals surface area (Å²) in [6.07, 6.45) is -4.53. The fraction of sp³-hybridized carbons (Fsp3) is 0.0870. The molecular weight excluding hydrogens is 457 g/mol. The van der Waals surface area contributed by atoms with Crippen molar-refractivity contribution in [2.24, 2.45) is 0 Å². The maximum absolute atomic E-state index is 13.0. The number of ether oxygens (including phenoxy) is 1. The van der Waals surface area contributed by atoms with E-state index >= 15 is 0 Å². The first kappa shape index (κ1) is 22.3. The van der Waals surface area contributed by atoms with Gasteiger partial charge < -0.3 is 10.1 Å². The van der Waals surface area contributed by atoms with Crippen molar-refractivity contribution in [1.29, 1.82) is 0 Å². The third kappa shape index (κ3) is 4.98. The lowest BCUT2D eigenvalue weighted by atomic mass is 10.2. The highest BCUT2D eigenvalue weighted by atomic mass is 35.5.